The molecule has 2 atom stereocenters. The van der Waals surface area contributed by atoms with Crippen molar-refractivity contribution >= 4 is 5.97 Å². The Balaban J connectivity index is 3.50. The summed E-state index contributed by atoms with van der Waals surface area (Å²) in [6, 6.07) is -0.630. The van der Waals surface area contributed by atoms with Gasteiger partial charge in [-0.05, 0) is 6.42 Å². The second kappa shape index (κ2) is 6.86. The van der Waals surface area contributed by atoms with E-state index in [1.807, 2.05) is 0 Å². The van der Waals surface area contributed by atoms with Crippen LogP contribution in [0.4, 0.5) is 0 Å². The fourth-order valence-corrected chi connectivity index (χ4v) is 1.15. The standard InChI is InChI=1S/C9H19NO3/c1-2-3-4-5-6-7(10)8(11)9(12)13/h7-8,11H,2-6,10H2,1H3,(H,12,13). The van der Waals surface area contributed by atoms with Crippen LogP contribution in [0.3, 0.4) is 0 Å². The van der Waals surface area contributed by atoms with Gasteiger partial charge < -0.3 is 15.9 Å². The molecule has 2 unspecified atom stereocenters. The van der Waals surface area contributed by atoms with E-state index < -0.39 is 18.1 Å². The van der Waals surface area contributed by atoms with Gasteiger partial charge in [0.1, 0.15) is 0 Å². The summed E-state index contributed by atoms with van der Waals surface area (Å²) in [7, 11) is 0. The Bertz CT molecular complexity index is 150. The molecule has 0 spiro atoms. The molecule has 0 fully saturated rings. The van der Waals surface area contributed by atoms with Gasteiger partial charge >= 0.3 is 5.97 Å². The molecule has 4 N–H and O–H groups in total. The molecule has 4 heteroatoms. The predicted molar refractivity (Wildman–Crippen MR) is 50.4 cm³/mol. The van der Waals surface area contributed by atoms with E-state index in [-0.39, 0.29) is 0 Å². The van der Waals surface area contributed by atoms with Gasteiger partial charge in [-0.1, -0.05) is 32.6 Å². The lowest BCUT2D eigenvalue weighted by molar-refractivity contribution is -0.147. The van der Waals surface area contributed by atoms with Crippen molar-refractivity contribution in [2.24, 2.45) is 5.73 Å². The second-order valence-electron chi connectivity index (χ2n) is 3.30. The van der Waals surface area contributed by atoms with Gasteiger partial charge in [-0.25, -0.2) is 4.79 Å². The Morgan fingerprint density at radius 3 is 2.46 bits per heavy atom. The summed E-state index contributed by atoms with van der Waals surface area (Å²) in [5.41, 5.74) is 5.47. The first-order chi connectivity index (χ1) is 6.09. The minimum absolute atomic E-state index is 0.577. The largest absolute Gasteiger partial charge is 0.479 e. The Morgan fingerprint density at radius 1 is 1.38 bits per heavy atom. The van der Waals surface area contributed by atoms with E-state index in [9.17, 15) is 4.79 Å². The van der Waals surface area contributed by atoms with Crippen LogP contribution in [0.25, 0.3) is 0 Å². The van der Waals surface area contributed by atoms with Crippen LogP contribution in [0.15, 0.2) is 0 Å². The summed E-state index contributed by atoms with van der Waals surface area (Å²) < 4.78 is 0. The van der Waals surface area contributed by atoms with Crippen molar-refractivity contribution in [3.63, 3.8) is 0 Å². The van der Waals surface area contributed by atoms with Crippen molar-refractivity contribution in [1.82, 2.24) is 0 Å². The van der Waals surface area contributed by atoms with Gasteiger partial charge in [0.2, 0.25) is 0 Å². The van der Waals surface area contributed by atoms with Crippen LogP contribution < -0.4 is 5.73 Å². The summed E-state index contributed by atoms with van der Waals surface area (Å²) in [6.07, 6.45) is 3.37. The Morgan fingerprint density at radius 2 is 2.00 bits per heavy atom. The minimum Gasteiger partial charge on any atom is -0.479 e. The first-order valence-electron chi connectivity index (χ1n) is 4.76. The number of aliphatic hydroxyl groups is 1. The van der Waals surface area contributed by atoms with Crippen LogP contribution >= 0.6 is 0 Å². The Labute approximate surface area is 78.7 Å². The van der Waals surface area contributed by atoms with Crippen molar-refractivity contribution < 1.29 is 15.0 Å². The number of hydrogen-bond donors (Lipinski definition) is 3. The lowest BCUT2D eigenvalue weighted by Crippen LogP contribution is -2.40. The van der Waals surface area contributed by atoms with E-state index in [4.69, 9.17) is 15.9 Å². The molecule has 0 amide bonds. The molecule has 0 aromatic heterocycles. The molecule has 0 aliphatic rings. The summed E-state index contributed by atoms with van der Waals surface area (Å²) in [4.78, 5) is 10.3. The molecular weight excluding hydrogens is 170 g/mol. The zero-order valence-electron chi connectivity index (χ0n) is 8.07. The van der Waals surface area contributed by atoms with Crippen LogP contribution in [0.2, 0.25) is 0 Å². The smallest absolute Gasteiger partial charge is 0.334 e. The van der Waals surface area contributed by atoms with Crippen LogP contribution in [-0.4, -0.2) is 28.3 Å². The van der Waals surface area contributed by atoms with E-state index in [1.54, 1.807) is 0 Å². The normalized spacial score (nSPS) is 15.3. The molecular formula is C9H19NO3. The number of carboxylic acids is 1. The van der Waals surface area contributed by atoms with E-state index in [0.717, 1.165) is 25.7 Å². The highest BCUT2D eigenvalue weighted by Gasteiger charge is 2.21. The third kappa shape index (κ3) is 5.60. The predicted octanol–water partition coefficient (Wildman–Crippen LogP) is 0.730. The van der Waals surface area contributed by atoms with Crippen molar-refractivity contribution in [3.05, 3.63) is 0 Å². The number of unbranched alkanes of at least 4 members (excludes halogenated alkanes) is 3. The molecule has 0 bridgehead atoms. The van der Waals surface area contributed by atoms with Gasteiger partial charge in [0, 0.05) is 6.04 Å². The monoisotopic (exact) mass is 189 g/mol. The average molecular weight is 189 g/mol. The minimum atomic E-state index is -1.42. The lowest BCUT2D eigenvalue weighted by atomic mass is 10.0. The van der Waals surface area contributed by atoms with Gasteiger partial charge in [0.15, 0.2) is 6.10 Å². The lowest BCUT2D eigenvalue weighted by Gasteiger charge is -2.14. The van der Waals surface area contributed by atoms with Gasteiger partial charge in [0.25, 0.3) is 0 Å². The van der Waals surface area contributed by atoms with Gasteiger partial charge in [-0.2, -0.15) is 0 Å². The molecule has 0 radical (unpaired) electrons. The maximum absolute atomic E-state index is 10.3. The number of rotatable bonds is 7. The molecule has 0 aliphatic carbocycles. The summed E-state index contributed by atoms with van der Waals surface area (Å²) >= 11 is 0. The molecule has 0 aromatic carbocycles. The number of carboxylic acid groups (broad SMARTS) is 1. The first-order valence-corrected chi connectivity index (χ1v) is 4.76. The van der Waals surface area contributed by atoms with Crippen LogP contribution in [0.1, 0.15) is 39.0 Å². The highest BCUT2D eigenvalue weighted by atomic mass is 16.4. The molecule has 0 aliphatic heterocycles. The number of carbonyl (C=O) groups is 1. The van der Waals surface area contributed by atoms with Crippen LogP contribution in [0, 0.1) is 0 Å². The molecule has 4 nitrogen and oxygen atoms in total. The third-order valence-electron chi connectivity index (χ3n) is 2.05. The molecule has 0 heterocycles. The van der Waals surface area contributed by atoms with E-state index in [1.165, 1.54) is 0 Å². The van der Waals surface area contributed by atoms with Gasteiger partial charge in [-0.15, -0.1) is 0 Å². The summed E-state index contributed by atoms with van der Waals surface area (Å²) in [5.74, 6) is -1.23. The first kappa shape index (κ1) is 12.4. The van der Waals surface area contributed by atoms with E-state index in [2.05, 4.69) is 6.92 Å². The van der Waals surface area contributed by atoms with E-state index in [0.29, 0.717) is 6.42 Å². The summed E-state index contributed by atoms with van der Waals surface area (Å²) in [6.45, 7) is 2.10. The number of nitrogens with two attached hydrogens (primary N) is 1. The second-order valence-corrected chi connectivity index (χ2v) is 3.30. The zero-order chi connectivity index (χ0) is 10.3. The van der Waals surface area contributed by atoms with Crippen LogP contribution in [0.5, 0.6) is 0 Å². The fourth-order valence-electron chi connectivity index (χ4n) is 1.15. The van der Waals surface area contributed by atoms with Crippen molar-refractivity contribution in [2.45, 2.75) is 51.2 Å². The molecule has 0 saturated carbocycles. The average Bonchev–Trinajstić information content (AvgIpc) is 2.10. The maximum Gasteiger partial charge on any atom is 0.334 e. The fraction of sp³-hybridized carbons (Fsp3) is 0.889. The molecule has 78 valence electrons. The van der Waals surface area contributed by atoms with Crippen LogP contribution in [-0.2, 0) is 4.79 Å². The Kier molecular flexibility index (Phi) is 6.54. The quantitative estimate of drug-likeness (QED) is 0.515. The zero-order valence-corrected chi connectivity index (χ0v) is 8.07. The number of aliphatic hydroxyl groups excluding tert-OH is 1. The van der Waals surface area contributed by atoms with Crippen molar-refractivity contribution in [1.29, 1.82) is 0 Å². The third-order valence-corrected chi connectivity index (χ3v) is 2.05. The highest BCUT2D eigenvalue weighted by Crippen LogP contribution is 2.06. The molecule has 0 aromatic rings. The van der Waals surface area contributed by atoms with Crippen molar-refractivity contribution in [2.75, 3.05) is 0 Å². The topological polar surface area (TPSA) is 83.5 Å². The van der Waals surface area contributed by atoms with Gasteiger partial charge in [-0.3, -0.25) is 0 Å². The van der Waals surface area contributed by atoms with Gasteiger partial charge in [0.05, 0.1) is 0 Å². The molecule has 0 rings (SSSR count). The number of aliphatic carboxylic acids is 1. The molecule has 0 saturated heterocycles. The SMILES string of the molecule is CCCCCCC(N)C(O)C(=O)O. The van der Waals surface area contributed by atoms with E-state index >= 15 is 0 Å². The maximum atomic E-state index is 10.3. The Hall–Kier alpha value is -0.610. The highest BCUT2D eigenvalue weighted by molar-refractivity contribution is 5.72. The molecule has 13 heavy (non-hydrogen) atoms. The van der Waals surface area contributed by atoms with Crippen molar-refractivity contribution in [3.8, 4) is 0 Å². The summed E-state index contributed by atoms with van der Waals surface area (Å²) in [5, 5.41) is 17.5. The number of hydrogen-bond acceptors (Lipinski definition) is 3.